The van der Waals surface area contributed by atoms with Gasteiger partial charge in [0.05, 0.1) is 32.9 Å². The van der Waals surface area contributed by atoms with Gasteiger partial charge in [-0.1, -0.05) is 52.7 Å². The molecule has 3 nitrogen and oxygen atoms in total. The highest BCUT2D eigenvalue weighted by Gasteiger charge is 2.13. The lowest BCUT2D eigenvalue weighted by Crippen LogP contribution is -2.18. The largest absolute Gasteiger partial charge is 0.387 e. The number of fused-ring (bicyclic) bond motifs is 1. The monoisotopic (exact) mass is 338 g/mol. The Hall–Kier alpha value is -1.33. The van der Waals surface area contributed by atoms with Gasteiger partial charge in [-0.05, 0) is 29.8 Å². The van der Waals surface area contributed by atoms with E-state index in [1.54, 1.807) is 22.8 Å². The van der Waals surface area contributed by atoms with Crippen molar-refractivity contribution < 1.29 is 5.11 Å². The molecule has 0 unspecified atom stereocenters. The highest BCUT2D eigenvalue weighted by molar-refractivity contribution is 7.16. The fourth-order valence-electron chi connectivity index (χ4n) is 2.21. The van der Waals surface area contributed by atoms with Gasteiger partial charge in [-0.3, -0.25) is 5.41 Å². The molecule has 0 aliphatic rings. The van der Waals surface area contributed by atoms with E-state index in [0.717, 1.165) is 10.2 Å². The average Bonchev–Trinajstić information content (AvgIpc) is 2.78. The van der Waals surface area contributed by atoms with Crippen molar-refractivity contribution in [2.24, 2.45) is 0 Å². The molecular weight excluding hydrogens is 327 g/mol. The molecule has 0 bridgehead atoms. The zero-order valence-electron chi connectivity index (χ0n) is 10.9. The molecule has 0 amide bonds. The molecule has 0 saturated carbocycles. The second kappa shape index (κ2) is 5.81. The summed E-state index contributed by atoms with van der Waals surface area (Å²) in [5.41, 5.74) is 1.64. The van der Waals surface area contributed by atoms with Crippen LogP contribution in [0.4, 0.5) is 0 Å². The lowest BCUT2D eigenvalue weighted by atomic mass is 10.1. The minimum absolute atomic E-state index is 0.306. The van der Waals surface area contributed by atoms with Crippen LogP contribution in [0.15, 0.2) is 42.5 Å². The summed E-state index contributed by atoms with van der Waals surface area (Å²) in [6.45, 7) is 0.306. The standard InChI is InChI=1S/C15H12Cl2N2OS/c16-10-6-5-9(7-11(10)17)13(20)8-19-12-3-1-2-4-14(12)21-15(19)18/h1-7,13,18,20H,8H2/t13-/m1/s1. The number of hydrogen-bond acceptors (Lipinski definition) is 3. The third-order valence-electron chi connectivity index (χ3n) is 3.29. The van der Waals surface area contributed by atoms with Crippen LogP contribution in [0.1, 0.15) is 11.7 Å². The first-order valence-electron chi connectivity index (χ1n) is 6.32. The van der Waals surface area contributed by atoms with E-state index in [0.29, 0.717) is 27.0 Å². The molecule has 0 fully saturated rings. The van der Waals surface area contributed by atoms with Crippen LogP contribution in [-0.4, -0.2) is 9.67 Å². The number of thiazole rings is 1. The number of nitrogens with one attached hydrogen (secondary N) is 1. The fraction of sp³-hybridized carbons (Fsp3) is 0.133. The van der Waals surface area contributed by atoms with Crippen molar-refractivity contribution in [3.8, 4) is 0 Å². The number of aliphatic hydroxyl groups is 1. The van der Waals surface area contributed by atoms with E-state index in [9.17, 15) is 5.11 Å². The van der Waals surface area contributed by atoms with Crippen molar-refractivity contribution in [1.82, 2.24) is 4.57 Å². The second-order valence-corrected chi connectivity index (χ2v) is 6.52. The normalized spacial score (nSPS) is 12.7. The SMILES string of the molecule is N=c1sc2ccccc2n1C[C@@H](O)c1ccc(Cl)c(Cl)c1. The number of nitrogens with zero attached hydrogens (tertiary/aromatic N) is 1. The highest BCUT2D eigenvalue weighted by Crippen LogP contribution is 2.27. The molecule has 0 radical (unpaired) electrons. The lowest BCUT2D eigenvalue weighted by Gasteiger charge is -2.13. The molecule has 0 aliphatic carbocycles. The van der Waals surface area contributed by atoms with E-state index < -0.39 is 6.10 Å². The molecule has 108 valence electrons. The molecule has 0 aliphatic heterocycles. The van der Waals surface area contributed by atoms with E-state index in [-0.39, 0.29) is 0 Å². The van der Waals surface area contributed by atoms with Crippen molar-refractivity contribution in [3.05, 3.63) is 62.9 Å². The zero-order valence-corrected chi connectivity index (χ0v) is 13.2. The van der Waals surface area contributed by atoms with Crippen molar-refractivity contribution in [2.45, 2.75) is 12.6 Å². The summed E-state index contributed by atoms with van der Waals surface area (Å²) < 4.78 is 2.83. The van der Waals surface area contributed by atoms with Crippen LogP contribution in [0.5, 0.6) is 0 Å². The number of aromatic nitrogens is 1. The lowest BCUT2D eigenvalue weighted by molar-refractivity contribution is 0.157. The molecule has 1 heterocycles. The van der Waals surface area contributed by atoms with Crippen LogP contribution in [0.3, 0.4) is 0 Å². The summed E-state index contributed by atoms with van der Waals surface area (Å²) in [5.74, 6) is 0. The first kappa shape index (κ1) is 14.6. The van der Waals surface area contributed by atoms with Gasteiger partial charge in [0.1, 0.15) is 0 Å². The van der Waals surface area contributed by atoms with Gasteiger partial charge in [0.2, 0.25) is 0 Å². The van der Waals surface area contributed by atoms with Gasteiger partial charge in [0.15, 0.2) is 4.80 Å². The van der Waals surface area contributed by atoms with Gasteiger partial charge in [0, 0.05) is 0 Å². The van der Waals surface area contributed by atoms with Gasteiger partial charge in [0.25, 0.3) is 0 Å². The Morgan fingerprint density at radius 1 is 1.14 bits per heavy atom. The Balaban J connectivity index is 1.96. The van der Waals surface area contributed by atoms with Crippen molar-refractivity contribution >= 4 is 44.8 Å². The van der Waals surface area contributed by atoms with E-state index in [1.165, 1.54) is 11.3 Å². The number of para-hydroxylation sites is 1. The first-order valence-corrected chi connectivity index (χ1v) is 7.89. The summed E-state index contributed by atoms with van der Waals surface area (Å²) in [6.07, 6.45) is -0.744. The van der Waals surface area contributed by atoms with E-state index in [2.05, 4.69) is 0 Å². The molecule has 2 N–H and O–H groups in total. The molecule has 0 saturated heterocycles. The molecule has 0 spiro atoms. The van der Waals surface area contributed by atoms with Gasteiger partial charge in [-0.15, -0.1) is 0 Å². The predicted molar refractivity (Wildman–Crippen MR) is 87.1 cm³/mol. The Labute approximate surface area is 135 Å². The van der Waals surface area contributed by atoms with Crippen LogP contribution in [0, 0.1) is 5.41 Å². The van der Waals surface area contributed by atoms with Gasteiger partial charge < -0.3 is 9.67 Å². The maximum atomic E-state index is 10.4. The van der Waals surface area contributed by atoms with Crippen LogP contribution in [-0.2, 0) is 6.54 Å². The number of aliphatic hydroxyl groups excluding tert-OH is 1. The van der Waals surface area contributed by atoms with Crippen LogP contribution in [0.25, 0.3) is 10.2 Å². The number of halogens is 2. The number of hydrogen-bond donors (Lipinski definition) is 2. The van der Waals surface area contributed by atoms with Crippen molar-refractivity contribution in [3.63, 3.8) is 0 Å². The van der Waals surface area contributed by atoms with Crippen LogP contribution >= 0.6 is 34.5 Å². The summed E-state index contributed by atoms with van der Waals surface area (Å²) in [4.78, 5) is 0.412. The van der Waals surface area contributed by atoms with Gasteiger partial charge in [-0.2, -0.15) is 0 Å². The van der Waals surface area contributed by atoms with Crippen LogP contribution < -0.4 is 4.80 Å². The summed E-state index contributed by atoms with van der Waals surface area (Å²) in [6, 6.07) is 12.9. The van der Waals surface area contributed by atoms with E-state index >= 15 is 0 Å². The maximum absolute atomic E-state index is 10.4. The molecule has 3 rings (SSSR count). The quantitative estimate of drug-likeness (QED) is 0.737. The smallest absolute Gasteiger partial charge is 0.183 e. The van der Waals surface area contributed by atoms with E-state index in [1.807, 2.05) is 24.3 Å². The molecular formula is C15H12Cl2N2OS. The zero-order chi connectivity index (χ0) is 15.0. The van der Waals surface area contributed by atoms with Crippen molar-refractivity contribution in [1.29, 1.82) is 5.41 Å². The fourth-order valence-corrected chi connectivity index (χ4v) is 3.44. The molecule has 2 aromatic carbocycles. The Morgan fingerprint density at radius 3 is 2.67 bits per heavy atom. The number of benzene rings is 2. The first-order chi connectivity index (χ1) is 10.1. The third-order valence-corrected chi connectivity index (χ3v) is 5.01. The van der Waals surface area contributed by atoms with Gasteiger partial charge >= 0.3 is 0 Å². The predicted octanol–water partition coefficient (Wildman–Crippen LogP) is 4.22. The average molecular weight is 339 g/mol. The second-order valence-electron chi connectivity index (χ2n) is 4.67. The van der Waals surface area contributed by atoms with Crippen molar-refractivity contribution in [2.75, 3.05) is 0 Å². The molecule has 1 aromatic heterocycles. The summed E-state index contributed by atoms with van der Waals surface area (Å²) in [7, 11) is 0. The Bertz CT molecular complexity index is 856. The van der Waals surface area contributed by atoms with Gasteiger partial charge in [-0.25, -0.2) is 0 Å². The highest BCUT2D eigenvalue weighted by atomic mass is 35.5. The molecule has 6 heteroatoms. The Kier molecular flexibility index (Phi) is 4.04. The molecule has 1 atom stereocenters. The molecule has 3 aromatic rings. The maximum Gasteiger partial charge on any atom is 0.183 e. The topological polar surface area (TPSA) is 49.0 Å². The van der Waals surface area contributed by atoms with Crippen LogP contribution in [0.2, 0.25) is 10.0 Å². The number of rotatable bonds is 3. The minimum Gasteiger partial charge on any atom is -0.387 e. The summed E-state index contributed by atoms with van der Waals surface area (Å²) >= 11 is 13.3. The summed E-state index contributed by atoms with van der Waals surface area (Å²) in [5, 5.41) is 19.3. The molecule has 21 heavy (non-hydrogen) atoms. The Morgan fingerprint density at radius 2 is 1.90 bits per heavy atom. The third kappa shape index (κ3) is 2.85. The van der Waals surface area contributed by atoms with E-state index in [4.69, 9.17) is 28.6 Å². The minimum atomic E-state index is -0.744.